The second kappa shape index (κ2) is 7.20. The molecule has 114 valence electrons. The fourth-order valence-corrected chi connectivity index (χ4v) is 2.73. The summed E-state index contributed by atoms with van der Waals surface area (Å²) >= 11 is 0. The smallest absolute Gasteiger partial charge is 0.240 e. The van der Waals surface area contributed by atoms with Crippen molar-refractivity contribution in [3.8, 4) is 0 Å². The van der Waals surface area contributed by atoms with Crippen molar-refractivity contribution in [2.24, 2.45) is 11.7 Å². The Balaban J connectivity index is 1.96. The summed E-state index contributed by atoms with van der Waals surface area (Å²) in [5.41, 5.74) is 6.13. The van der Waals surface area contributed by atoms with Crippen LogP contribution in [-0.4, -0.2) is 17.9 Å². The van der Waals surface area contributed by atoms with Gasteiger partial charge in [-0.3, -0.25) is 9.59 Å². The topological polar surface area (TPSA) is 72.2 Å². The third kappa shape index (κ3) is 4.55. The molecule has 0 spiro atoms. The van der Waals surface area contributed by atoms with Crippen molar-refractivity contribution >= 4 is 11.8 Å². The molecule has 0 heterocycles. The molecule has 2 amide bonds. The van der Waals surface area contributed by atoms with E-state index in [0.717, 1.165) is 31.2 Å². The highest BCUT2D eigenvalue weighted by atomic mass is 19.1. The summed E-state index contributed by atoms with van der Waals surface area (Å²) in [6, 6.07) is 5.10. The minimum atomic E-state index is -0.745. The largest absolute Gasteiger partial charge is 0.368 e. The number of benzene rings is 1. The van der Waals surface area contributed by atoms with E-state index >= 15 is 0 Å². The van der Waals surface area contributed by atoms with Crippen LogP contribution in [0.5, 0.6) is 0 Å². The molecule has 0 bridgehead atoms. The average Bonchev–Trinajstić information content (AvgIpc) is 2.49. The Morgan fingerprint density at radius 2 is 1.81 bits per heavy atom. The van der Waals surface area contributed by atoms with Crippen molar-refractivity contribution in [3.63, 3.8) is 0 Å². The van der Waals surface area contributed by atoms with Gasteiger partial charge in [0.15, 0.2) is 0 Å². The normalized spacial score (nSPS) is 17.2. The zero-order chi connectivity index (χ0) is 15.2. The molecule has 5 heteroatoms. The maximum absolute atomic E-state index is 12.9. The van der Waals surface area contributed by atoms with Crippen LogP contribution in [0.1, 0.15) is 37.7 Å². The van der Waals surface area contributed by atoms with Crippen molar-refractivity contribution in [3.05, 3.63) is 35.6 Å². The predicted octanol–water partition coefficient (Wildman–Crippen LogP) is 1.92. The quantitative estimate of drug-likeness (QED) is 0.870. The van der Waals surface area contributed by atoms with Gasteiger partial charge in [0.05, 0.1) is 0 Å². The van der Waals surface area contributed by atoms with Crippen LogP contribution >= 0.6 is 0 Å². The average molecular weight is 292 g/mol. The minimum absolute atomic E-state index is 0.0196. The minimum Gasteiger partial charge on any atom is -0.368 e. The van der Waals surface area contributed by atoms with E-state index in [2.05, 4.69) is 5.32 Å². The lowest BCUT2D eigenvalue weighted by Crippen LogP contribution is -2.48. The van der Waals surface area contributed by atoms with Crippen molar-refractivity contribution in [1.82, 2.24) is 5.32 Å². The number of carbonyl (C=O) groups excluding carboxylic acids is 2. The third-order valence-electron chi connectivity index (χ3n) is 3.99. The third-order valence-corrected chi connectivity index (χ3v) is 3.99. The molecule has 1 aromatic carbocycles. The predicted molar refractivity (Wildman–Crippen MR) is 77.8 cm³/mol. The maximum atomic E-state index is 12.9. The van der Waals surface area contributed by atoms with Gasteiger partial charge in [-0.2, -0.15) is 0 Å². The summed E-state index contributed by atoms with van der Waals surface area (Å²) in [6.45, 7) is 0. The molecule has 4 nitrogen and oxygen atoms in total. The van der Waals surface area contributed by atoms with E-state index in [1.165, 1.54) is 18.6 Å². The molecule has 0 aliphatic heterocycles. The summed E-state index contributed by atoms with van der Waals surface area (Å²) in [4.78, 5) is 23.7. The lowest BCUT2D eigenvalue weighted by molar-refractivity contribution is -0.130. The van der Waals surface area contributed by atoms with Gasteiger partial charge in [0.1, 0.15) is 11.9 Å². The van der Waals surface area contributed by atoms with Crippen LogP contribution < -0.4 is 11.1 Å². The molecule has 0 unspecified atom stereocenters. The van der Waals surface area contributed by atoms with Gasteiger partial charge in [-0.15, -0.1) is 0 Å². The van der Waals surface area contributed by atoms with E-state index in [4.69, 9.17) is 5.73 Å². The van der Waals surface area contributed by atoms with Gasteiger partial charge in [-0.05, 0) is 30.5 Å². The van der Waals surface area contributed by atoms with Crippen molar-refractivity contribution in [2.75, 3.05) is 0 Å². The highest BCUT2D eigenvalue weighted by Crippen LogP contribution is 2.23. The summed E-state index contributed by atoms with van der Waals surface area (Å²) < 4.78 is 12.9. The fraction of sp³-hybridized carbons (Fsp3) is 0.500. The zero-order valence-electron chi connectivity index (χ0n) is 12.0. The first-order valence-corrected chi connectivity index (χ1v) is 7.40. The Bertz CT molecular complexity index is 496. The van der Waals surface area contributed by atoms with Crippen LogP contribution in [0.4, 0.5) is 4.39 Å². The number of primary amides is 1. The summed E-state index contributed by atoms with van der Waals surface area (Å²) in [5.74, 6) is -1.02. The van der Waals surface area contributed by atoms with Gasteiger partial charge in [-0.25, -0.2) is 4.39 Å². The highest BCUT2D eigenvalue weighted by Gasteiger charge is 2.25. The molecular formula is C16H21FN2O2. The molecule has 0 radical (unpaired) electrons. The molecule has 1 saturated carbocycles. The van der Waals surface area contributed by atoms with Gasteiger partial charge in [0.25, 0.3) is 0 Å². The van der Waals surface area contributed by atoms with E-state index in [9.17, 15) is 14.0 Å². The summed E-state index contributed by atoms with van der Waals surface area (Å²) in [7, 11) is 0. The SMILES string of the molecule is NC(=O)[C@@H](Cc1ccc(F)cc1)NC(=O)C1CCCCC1. The second-order valence-corrected chi connectivity index (χ2v) is 5.63. The molecule has 1 fully saturated rings. The Morgan fingerprint density at radius 1 is 1.19 bits per heavy atom. The monoisotopic (exact) mass is 292 g/mol. The number of rotatable bonds is 5. The molecule has 1 atom stereocenters. The maximum Gasteiger partial charge on any atom is 0.240 e. The van der Waals surface area contributed by atoms with Gasteiger partial charge in [-0.1, -0.05) is 31.4 Å². The number of hydrogen-bond acceptors (Lipinski definition) is 2. The van der Waals surface area contributed by atoms with Crippen LogP contribution in [0.2, 0.25) is 0 Å². The fourth-order valence-electron chi connectivity index (χ4n) is 2.73. The lowest BCUT2D eigenvalue weighted by atomic mass is 9.88. The lowest BCUT2D eigenvalue weighted by Gasteiger charge is -2.23. The first kappa shape index (κ1) is 15.5. The number of halogens is 1. The summed E-state index contributed by atoms with van der Waals surface area (Å²) in [5, 5.41) is 2.74. The standard InChI is InChI=1S/C16H21FN2O2/c17-13-8-6-11(7-9-13)10-14(15(18)20)19-16(21)12-4-2-1-3-5-12/h6-9,12,14H,1-5,10H2,(H2,18,20)(H,19,21)/t14-/m1/s1. The van der Waals surface area contributed by atoms with E-state index in [0.29, 0.717) is 0 Å². The van der Waals surface area contributed by atoms with Crippen LogP contribution in [0.3, 0.4) is 0 Å². The Kier molecular flexibility index (Phi) is 5.31. The van der Waals surface area contributed by atoms with Crippen LogP contribution in [0, 0.1) is 11.7 Å². The van der Waals surface area contributed by atoms with Gasteiger partial charge in [0, 0.05) is 12.3 Å². The molecule has 1 aliphatic rings. The summed E-state index contributed by atoms with van der Waals surface area (Å²) in [6.07, 6.45) is 5.29. The van der Waals surface area contributed by atoms with Crippen LogP contribution in [0.25, 0.3) is 0 Å². The van der Waals surface area contributed by atoms with Crippen LogP contribution in [0.15, 0.2) is 24.3 Å². The molecule has 21 heavy (non-hydrogen) atoms. The van der Waals surface area contributed by atoms with E-state index in [1.807, 2.05) is 0 Å². The number of nitrogens with one attached hydrogen (secondary N) is 1. The van der Waals surface area contributed by atoms with Gasteiger partial charge >= 0.3 is 0 Å². The van der Waals surface area contributed by atoms with E-state index in [-0.39, 0.29) is 24.1 Å². The molecular weight excluding hydrogens is 271 g/mol. The molecule has 0 saturated heterocycles. The Hall–Kier alpha value is -1.91. The Morgan fingerprint density at radius 3 is 2.38 bits per heavy atom. The molecule has 2 rings (SSSR count). The molecule has 1 aromatic rings. The number of nitrogens with two attached hydrogens (primary N) is 1. The Labute approximate surface area is 123 Å². The number of carbonyl (C=O) groups is 2. The first-order chi connectivity index (χ1) is 10.1. The highest BCUT2D eigenvalue weighted by molar-refractivity contribution is 5.87. The number of amides is 2. The molecule has 1 aliphatic carbocycles. The van der Waals surface area contributed by atoms with Crippen molar-refractivity contribution in [2.45, 2.75) is 44.6 Å². The molecule has 3 N–H and O–H groups in total. The number of hydrogen-bond donors (Lipinski definition) is 2. The van der Waals surface area contributed by atoms with Crippen molar-refractivity contribution < 1.29 is 14.0 Å². The van der Waals surface area contributed by atoms with Crippen LogP contribution in [-0.2, 0) is 16.0 Å². The van der Waals surface area contributed by atoms with Gasteiger partial charge < -0.3 is 11.1 Å². The first-order valence-electron chi connectivity index (χ1n) is 7.40. The zero-order valence-corrected chi connectivity index (χ0v) is 12.0. The van der Waals surface area contributed by atoms with E-state index < -0.39 is 11.9 Å². The van der Waals surface area contributed by atoms with Gasteiger partial charge in [0.2, 0.25) is 11.8 Å². The molecule has 0 aromatic heterocycles. The van der Waals surface area contributed by atoms with Crippen molar-refractivity contribution in [1.29, 1.82) is 0 Å². The van der Waals surface area contributed by atoms with E-state index in [1.54, 1.807) is 12.1 Å². The second-order valence-electron chi connectivity index (χ2n) is 5.63.